The normalized spacial score (nSPS) is 12.8. The molecule has 1 aromatic heterocycles. The molecule has 0 fully saturated rings. The second-order valence-electron chi connectivity index (χ2n) is 5.51. The molecule has 1 aromatic rings. The number of aromatic nitrogens is 3. The number of hydrogen-bond acceptors (Lipinski definition) is 5. The van der Waals surface area contributed by atoms with Crippen molar-refractivity contribution in [1.82, 2.24) is 20.3 Å². The van der Waals surface area contributed by atoms with E-state index in [9.17, 15) is 9.59 Å². The van der Waals surface area contributed by atoms with E-state index in [-0.39, 0.29) is 12.5 Å². The van der Waals surface area contributed by atoms with Crippen molar-refractivity contribution in [3.8, 4) is 0 Å². The number of nitrogens with zero attached hydrogens (tertiary/aromatic N) is 3. The molecule has 0 aliphatic rings. The Morgan fingerprint density at radius 1 is 1.40 bits per heavy atom. The number of nitrogens with one attached hydrogen (secondary N) is 1. The van der Waals surface area contributed by atoms with Crippen LogP contribution >= 0.6 is 0 Å². The van der Waals surface area contributed by atoms with Gasteiger partial charge in [0.15, 0.2) is 0 Å². The quantitative estimate of drug-likeness (QED) is 0.610. The molecule has 7 heteroatoms. The van der Waals surface area contributed by atoms with Crippen molar-refractivity contribution >= 4 is 11.9 Å². The van der Waals surface area contributed by atoms with Crippen molar-refractivity contribution in [1.29, 1.82) is 0 Å². The van der Waals surface area contributed by atoms with Gasteiger partial charge in [0.05, 0.1) is 19.3 Å². The minimum atomic E-state index is -0.821. The summed E-state index contributed by atoms with van der Waals surface area (Å²) in [5, 5.41) is 10.2. The van der Waals surface area contributed by atoms with Crippen LogP contribution in [-0.4, -0.2) is 40.0 Å². The highest BCUT2D eigenvalue weighted by Crippen LogP contribution is 2.27. The van der Waals surface area contributed by atoms with E-state index in [4.69, 9.17) is 4.74 Å². The fourth-order valence-corrected chi connectivity index (χ4v) is 1.83. The predicted octanol–water partition coefficient (Wildman–Crippen LogP) is 0.620. The molecule has 112 valence electrons. The van der Waals surface area contributed by atoms with E-state index >= 15 is 0 Å². The average molecular weight is 282 g/mol. The van der Waals surface area contributed by atoms with Gasteiger partial charge in [0.1, 0.15) is 5.92 Å². The van der Waals surface area contributed by atoms with Crippen molar-refractivity contribution in [3.05, 3.63) is 12.4 Å². The molecule has 0 saturated carbocycles. The Labute approximate surface area is 118 Å². The summed E-state index contributed by atoms with van der Waals surface area (Å²) in [5.41, 5.74) is -0.496. The predicted molar refractivity (Wildman–Crippen MR) is 72.6 cm³/mol. The van der Waals surface area contributed by atoms with E-state index in [2.05, 4.69) is 15.6 Å². The second-order valence-corrected chi connectivity index (χ2v) is 5.51. The van der Waals surface area contributed by atoms with Crippen LogP contribution in [0.1, 0.15) is 27.7 Å². The van der Waals surface area contributed by atoms with Crippen molar-refractivity contribution in [2.24, 2.45) is 11.3 Å². The van der Waals surface area contributed by atoms with Gasteiger partial charge in [-0.3, -0.25) is 14.3 Å². The van der Waals surface area contributed by atoms with E-state index in [0.29, 0.717) is 13.1 Å². The first-order valence-corrected chi connectivity index (χ1v) is 6.64. The Morgan fingerprint density at radius 2 is 2.10 bits per heavy atom. The molecule has 0 saturated heterocycles. The minimum Gasteiger partial charge on any atom is -0.465 e. The molecule has 20 heavy (non-hydrogen) atoms. The molecule has 1 N–H and O–H groups in total. The van der Waals surface area contributed by atoms with Gasteiger partial charge in [-0.2, -0.15) is 0 Å². The zero-order valence-corrected chi connectivity index (χ0v) is 12.4. The summed E-state index contributed by atoms with van der Waals surface area (Å²) in [6.07, 6.45) is 3.27. The Hall–Kier alpha value is -1.92. The lowest BCUT2D eigenvalue weighted by molar-refractivity contribution is -0.156. The van der Waals surface area contributed by atoms with Crippen LogP contribution in [-0.2, 0) is 20.9 Å². The topological polar surface area (TPSA) is 86.1 Å². The molecule has 0 bridgehead atoms. The fourth-order valence-electron chi connectivity index (χ4n) is 1.83. The highest BCUT2D eigenvalue weighted by atomic mass is 16.5. The largest absolute Gasteiger partial charge is 0.465 e. The van der Waals surface area contributed by atoms with Gasteiger partial charge in [-0.25, -0.2) is 0 Å². The minimum absolute atomic E-state index is 0.262. The number of carbonyl (C=O) groups excluding carboxylic acids is 2. The maximum absolute atomic E-state index is 12.2. The molecule has 0 radical (unpaired) electrons. The lowest BCUT2D eigenvalue weighted by Gasteiger charge is -2.27. The Morgan fingerprint density at radius 3 is 2.60 bits per heavy atom. The highest BCUT2D eigenvalue weighted by Gasteiger charge is 2.38. The molecule has 1 atom stereocenters. The second kappa shape index (κ2) is 7.02. The van der Waals surface area contributed by atoms with E-state index in [1.54, 1.807) is 24.0 Å². The van der Waals surface area contributed by atoms with E-state index in [0.717, 1.165) is 0 Å². The van der Waals surface area contributed by atoms with Gasteiger partial charge in [-0.15, -0.1) is 5.10 Å². The molecular weight excluding hydrogens is 260 g/mol. The van der Waals surface area contributed by atoms with E-state index in [1.807, 2.05) is 20.8 Å². The third-order valence-electron chi connectivity index (χ3n) is 2.76. The number of carbonyl (C=O) groups is 2. The summed E-state index contributed by atoms with van der Waals surface area (Å²) in [5.74, 6) is -1.63. The van der Waals surface area contributed by atoms with Crippen LogP contribution in [0.15, 0.2) is 12.4 Å². The van der Waals surface area contributed by atoms with E-state index in [1.165, 1.54) is 0 Å². The van der Waals surface area contributed by atoms with Crippen molar-refractivity contribution in [2.75, 3.05) is 13.2 Å². The number of hydrogen-bond donors (Lipinski definition) is 1. The van der Waals surface area contributed by atoms with Crippen LogP contribution < -0.4 is 5.32 Å². The number of rotatable bonds is 6. The summed E-state index contributed by atoms with van der Waals surface area (Å²) >= 11 is 0. The lowest BCUT2D eigenvalue weighted by atomic mass is 9.80. The monoisotopic (exact) mass is 282 g/mol. The molecule has 0 aliphatic heterocycles. The molecule has 0 aliphatic carbocycles. The first kappa shape index (κ1) is 16.1. The molecule has 1 heterocycles. The number of esters is 1. The number of ether oxygens (including phenoxy) is 1. The third-order valence-corrected chi connectivity index (χ3v) is 2.76. The van der Waals surface area contributed by atoms with Gasteiger partial charge in [0.25, 0.3) is 0 Å². The van der Waals surface area contributed by atoms with Crippen molar-refractivity contribution in [2.45, 2.75) is 34.2 Å². The third kappa shape index (κ3) is 4.64. The molecule has 7 nitrogen and oxygen atoms in total. The van der Waals surface area contributed by atoms with Gasteiger partial charge in [-0.1, -0.05) is 26.0 Å². The molecular formula is C13H22N4O3. The van der Waals surface area contributed by atoms with Crippen LogP contribution in [0, 0.1) is 11.3 Å². The molecule has 0 spiro atoms. The highest BCUT2D eigenvalue weighted by molar-refractivity contribution is 5.98. The van der Waals surface area contributed by atoms with Gasteiger partial charge < -0.3 is 10.1 Å². The first-order chi connectivity index (χ1) is 9.36. The first-order valence-electron chi connectivity index (χ1n) is 6.64. The van der Waals surface area contributed by atoms with Crippen LogP contribution in [0.5, 0.6) is 0 Å². The Kier molecular flexibility index (Phi) is 5.66. The van der Waals surface area contributed by atoms with Crippen LogP contribution in [0.3, 0.4) is 0 Å². The standard InChI is InChI=1S/C13H22N4O3/c1-5-20-12(19)10(13(2,3)4)11(18)14-6-8-17-9-7-15-16-17/h7,9-10H,5-6,8H2,1-4H3,(H,14,18). The van der Waals surface area contributed by atoms with Crippen molar-refractivity contribution < 1.29 is 14.3 Å². The van der Waals surface area contributed by atoms with Gasteiger partial charge >= 0.3 is 5.97 Å². The molecule has 1 unspecified atom stereocenters. The zero-order valence-electron chi connectivity index (χ0n) is 12.4. The van der Waals surface area contributed by atoms with Crippen LogP contribution in [0.2, 0.25) is 0 Å². The van der Waals surface area contributed by atoms with Crippen molar-refractivity contribution in [3.63, 3.8) is 0 Å². The average Bonchev–Trinajstić information content (AvgIpc) is 2.80. The van der Waals surface area contributed by atoms with Gasteiger partial charge in [0, 0.05) is 12.7 Å². The van der Waals surface area contributed by atoms with Crippen LogP contribution in [0.4, 0.5) is 0 Å². The number of amides is 1. The molecule has 1 amide bonds. The van der Waals surface area contributed by atoms with Gasteiger partial charge in [0.2, 0.25) is 5.91 Å². The maximum atomic E-state index is 12.2. The van der Waals surface area contributed by atoms with E-state index < -0.39 is 17.3 Å². The summed E-state index contributed by atoms with van der Waals surface area (Å²) < 4.78 is 6.58. The summed E-state index contributed by atoms with van der Waals surface area (Å²) in [6, 6.07) is 0. The van der Waals surface area contributed by atoms with Gasteiger partial charge in [-0.05, 0) is 12.3 Å². The SMILES string of the molecule is CCOC(=O)C(C(=O)NCCn1ccnn1)C(C)(C)C. The Balaban J connectivity index is 2.57. The summed E-state index contributed by atoms with van der Waals surface area (Å²) in [6.45, 7) is 8.39. The Bertz CT molecular complexity index is 437. The zero-order chi connectivity index (χ0) is 15.2. The van der Waals surface area contributed by atoms with Crippen LogP contribution in [0.25, 0.3) is 0 Å². The maximum Gasteiger partial charge on any atom is 0.319 e. The smallest absolute Gasteiger partial charge is 0.319 e. The lowest BCUT2D eigenvalue weighted by Crippen LogP contribution is -2.44. The molecule has 1 rings (SSSR count). The molecule has 0 aromatic carbocycles. The fraction of sp³-hybridized carbons (Fsp3) is 0.692. The summed E-state index contributed by atoms with van der Waals surface area (Å²) in [7, 11) is 0. The summed E-state index contributed by atoms with van der Waals surface area (Å²) in [4.78, 5) is 24.1.